The van der Waals surface area contributed by atoms with Gasteiger partial charge < -0.3 is 0 Å². The van der Waals surface area contributed by atoms with Crippen LogP contribution in [0.15, 0.2) is 83.6 Å². The van der Waals surface area contributed by atoms with Crippen LogP contribution in [0.2, 0.25) is 0 Å². The van der Waals surface area contributed by atoms with Crippen molar-refractivity contribution in [2.75, 3.05) is 0 Å². The van der Waals surface area contributed by atoms with Crippen molar-refractivity contribution in [3.8, 4) is 11.1 Å². The van der Waals surface area contributed by atoms with Crippen molar-refractivity contribution in [3.63, 3.8) is 0 Å². The highest BCUT2D eigenvalue weighted by molar-refractivity contribution is 9.10. The summed E-state index contributed by atoms with van der Waals surface area (Å²) in [6.07, 6.45) is 4.30. The number of benzene rings is 2. The molecule has 1 aromatic heterocycles. The minimum Gasteiger partial charge on any atom is -0.200 e. The van der Waals surface area contributed by atoms with Gasteiger partial charge in [0.2, 0.25) is 0 Å². The number of pyridine rings is 1. The molecule has 0 aliphatic heterocycles. The van der Waals surface area contributed by atoms with Crippen LogP contribution in [0.1, 0.15) is 5.56 Å². The lowest BCUT2D eigenvalue weighted by atomic mass is 10.1. The summed E-state index contributed by atoms with van der Waals surface area (Å²) >= 11 is 3.52. The Morgan fingerprint density at radius 1 is 0.800 bits per heavy atom. The van der Waals surface area contributed by atoms with E-state index in [1.54, 1.807) is 0 Å². The van der Waals surface area contributed by atoms with E-state index >= 15 is 0 Å². The minimum atomic E-state index is 0.875. The monoisotopic (exact) mass is 324 g/mol. The Morgan fingerprint density at radius 2 is 1.60 bits per heavy atom. The highest BCUT2D eigenvalue weighted by atomic mass is 79.9. The number of aromatic nitrogens is 1. The molecule has 0 radical (unpaired) electrons. The van der Waals surface area contributed by atoms with Crippen LogP contribution in [0.4, 0.5) is 0 Å². The molecule has 0 N–H and O–H groups in total. The second-order valence-corrected chi connectivity index (χ2v) is 5.68. The van der Waals surface area contributed by atoms with Gasteiger partial charge in [-0.15, -0.1) is 0 Å². The van der Waals surface area contributed by atoms with Crippen LogP contribution in [-0.4, -0.2) is 0 Å². The summed E-state index contributed by atoms with van der Waals surface area (Å²) in [4.78, 5) is 0. The first kappa shape index (κ1) is 13.1. The van der Waals surface area contributed by atoms with Gasteiger partial charge in [0, 0.05) is 21.7 Å². The van der Waals surface area contributed by atoms with E-state index in [1.165, 1.54) is 16.7 Å². The molecule has 0 atom stereocenters. The van der Waals surface area contributed by atoms with Crippen molar-refractivity contribution < 1.29 is 4.57 Å². The smallest absolute Gasteiger partial charge is 0.176 e. The zero-order valence-electron chi connectivity index (χ0n) is 11.0. The molecular formula is C18H15BrN+. The molecule has 0 aliphatic rings. The van der Waals surface area contributed by atoms with Gasteiger partial charge in [0.1, 0.15) is 0 Å². The van der Waals surface area contributed by atoms with E-state index in [9.17, 15) is 0 Å². The van der Waals surface area contributed by atoms with Gasteiger partial charge in [-0.05, 0) is 23.8 Å². The Morgan fingerprint density at radius 3 is 2.40 bits per heavy atom. The number of halogens is 1. The van der Waals surface area contributed by atoms with Gasteiger partial charge in [-0.25, -0.2) is 4.57 Å². The molecule has 0 saturated carbocycles. The predicted molar refractivity (Wildman–Crippen MR) is 85.3 cm³/mol. The molecule has 0 bridgehead atoms. The summed E-state index contributed by atoms with van der Waals surface area (Å²) in [7, 11) is 0. The summed E-state index contributed by atoms with van der Waals surface area (Å²) in [6, 6.07) is 23.1. The zero-order valence-corrected chi connectivity index (χ0v) is 12.6. The normalized spacial score (nSPS) is 10.4. The average Bonchev–Trinajstić information content (AvgIpc) is 2.48. The highest BCUT2D eigenvalue weighted by Gasteiger charge is 2.06. The van der Waals surface area contributed by atoms with Gasteiger partial charge in [0.25, 0.3) is 0 Å². The van der Waals surface area contributed by atoms with E-state index in [4.69, 9.17) is 0 Å². The third-order valence-corrected chi connectivity index (χ3v) is 3.71. The van der Waals surface area contributed by atoms with Gasteiger partial charge in [-0.1, -0.05) is 58.4 Å². The van der Waals surface area contributed by atoms with Gasteiger partial charge in [0.05, 0.1) is 0 Å². The second kappa shape index (κ2) is 6.02. The molecule has 0 amide bonds. The van der Waals surface area contributed by atoms with Crippen LogP contribution < -0.4 is 4.57 Å². The lowest BCUT2D eigenvalue weighted by Crippen LogP contribution is -2.33. The predicted octanol–water partition coefficient (Wildman–Crippen LogP) is 4.45. The first-order chi connectivity index (χ1) is 9.81. The molecule has 2 heteroatoms. The highest BCUT2D eigenvalue weighted by Crippen LogP contribution is 2.16. The standard InChI is InChI=1S/C18H15BrN/c19-18-10-4-6-15(12-18)13-20-11-5-9-17(14-20)16-7-2-1-3-8-16/h1-12,14H,13H2/q+1. The molecule has 3 aromatic rings. The zero-order chi connectivity index (χ0) is 13.8. The number of rotatable bonds is 3. The summed E-state index contributed by atoms with van der Waals surface area (Å²) in [6.45, 7) is 0.875. The van der Waals surface area contributed by atoms with Crippen molar-refractivity contribution in [1.82, 2.24) is 0 Å². The summed E-state index contributed by atoms with van der Waals surface area (Å²) in [5, 5.41) is 0. The Hall–Kier alpha value is -1.93. The Kier molecular flexibility index (Phi) is 3.93. The van der Waals surface area contributed by atoms with Crippen molar-refractivity contribution in [1.29, 1.82) is 0 Å². The molecule has 98 valence electrons. The second-order valence-electron chi connectivity index (χ2n) is 4.76. The summed E-state index contributed by atoms with van der Waals surface area (Å²) in [5.74, 6) is 0. The maximum absolute atomic E-state index is 3.52. The molecule has 3 rings (SSSR count). The topological polar surface area (TPSA) is 3.88 Å². The van der Waals surface area contributed by atoms with Crippen molar-refractivity contribution in [2.45, 2.75) is 6.54 Å². The van der Waals surface area contributed by atoms with Gasteiger partial charge in [0.15, 0.2) is 18.9 Å². The molecule has 20 heavy (non-hydrogen) atoms. The number of nitrogens with zero attached hydrogens (tertiary/aromatic N) is 1. The van der Waals surface area contributed by atoms with Gasteiger partial charge >= 0.3 is 0 Å². The molecule has 0 fully saturated rings. The fraction of sp³-hybridized carbons (Fsp3) is 0.0556. The SMILES string of the molecule is Brc1cccc(C[n+]2cccc(-c3ccccc3)c2)c1. The van der Waals surface area contributed by atoms with Crippen LogP contribution in [0, 0.1) is 0 Å². The van der Waals surface area contributed by atoms with Crippen LogP contribution >= 0.6 is 15.9 Å². The van der Waals surface area contributed by atoms with E-state index in [1.807, 2.05) is 6.07 Å². The molecule has 1 heterocycles. The average molecular weight is 325 g/mol. The minimum absolute atomic E-state index is 0.875. The van der Waals surface area contributed by atoms with E-state index in [0.717, 1.165) is 11.0 Å². The largest absolute Gasteiger partial charge is 0.200 e. The molecule has 0 unspecified atom stereocenters. The van der Waals surface area contributed by atoms with Crippen molar-refractivity contribution >= 4 is 15.9 Å². The molecule has 2 aromatic carbocycles. The van der Waals surface area contributed by atoms with Crippen LogP contribution in [0.3, 0.4) is 0 Å². The van der Waals surface area contributed by atoms with E-state index in [2.05, 4.69) is 93.6 Å². The first-order valence-electron chi connectivity index (χ1n) is 6.60. The maximum atomic E-state index is 3.52. The first-order valence-corrected chi connectivity index (χ1v) is 7.39. The van der Waals surface area contributed by atoms with Crippen LogP contribution in [0.25, 0.3) is 11.1 Å². The Labute approximate surface area is 127 Å². The molecule has 0 aliphatic carbocycles. The lowest BCUT2D eigenvalue weighted by molar-refractivity contribution is -0.687. The van der Waals surface area contributed by atoms with E-state index in [-0.39, 0.29) is 0 Å². The fourth-order valence-corrected chi connectivity index (χ4v) is 2.71. The summed E-state index contributed by atoms with van der Waals surface area (Å²) < 4.78 is 3.33. The van der Waals surface area contributed by atoms with E-state index < -0.39 is 0 Å². The maximum Gasteiger partial charge on any atom is 0.176 e. The third-order valence-electron chi connectivity index (χ3n) is 3.22. The summed E-state index contributed by atoms with van der Waals surface area (Å²) in [5.41, 5.74) is 3.77. The van der Waals surface area contributed by atoms with Crippen LogP contribution in [0.5, 0.6) is 0 Å². The molecule has 0 saturated heterocycles. The van der Waals surface area contributed by atoms with Crippen molar-refractivity contribution in [3.05, 3.63) is 89.2 Å². The molecular weight excluding hydrogens is 310 g/mol. The molecule has 1 nitrogen and oxygen atoms in total. The molecule has 0 spiro atoms. The van der Waals surface area contributed by atoms with Crippen LogP contribution in [-0.2, 0) is 6.54 Å². The third kappa shape index (κ3) is 3.14. The van der Waals surface area contributed by atoms with Gasteiger partial charge in [-0.2, -0.15) is 0 Å². The number of hydrogen-bond donors (Lipinski definition) is 0. The van der Waals surface area contributed by atoms with Gasteiger partial charge in [-0.3, -0.25) is 0 Å². The lowest BCUT2D eigenvalue weighted by Gasteiger charge is -2.02. The van der Waals surface area contributed by atoms with Crippen molar-refractivity contribution in [2.24, 2.45) is 0 Å². The van der Waals surface area contributed by atoms with E-state index in [0.29, 0.717) is 0 Å². The quantitative estimate of drug-likeness (QED) is 0.626. The fourth-order valence-electron chi connectivity index (χ4n) is 2.27. The number of hydrogen-bond acceptors (Lipinski definition) is 0. The Bertz CT molecular complexity index is 707. The Balaban J connectivity index is 1.88.